The molecule has 2 N–H and O–H groups in total. The summed E-state index contributed by atoms with van der Waals surface area (Å²) in [6.45, 7) is 3.16. The van der Waals surface area contributed by atoms with Gasteiger partial charge in [-0.2, -0.15) is 8.42 Å². The first-order valence-corrected chi connectivity index (χ1v) is 12.1. The van der Waals surface area contributed by atoms with Gasteiger partial charge in [-0.05, 0) is 38.0 Å². The van der Waals surface area contributed by atoms with E-state index in [1.54, 1.807) is 19.1 Å². The zero-order valence-electron chi connectivity index (χ0n) is 18.7. The number of fused-ring (bicyclic) bond motifs is 1. The van der Waals surface area contributed by atoms with Crippen LogP contribution in [-0.2, 0) is 30.3 Å². The summed E-state index contributed by atoms with van der Waals surface area (Å²) in [6, 6.07) is 10.4. The van der Waals surface area contributed by atoms with E-state index >= 15 is 0 Å². The predicted molar refractivity (Wildman–Crippen MR) is 120 cm³/mol. The molecule has 2 aliphatic rings. The maximum absolute atomic E-state index is 13.0. The molecule has 184 valence electrons. The van der Waals surface area contributed by atoms with E-state index in [4.69, 9.17) is 4.18 Å². The van der Waals surface area contributed by atoms with Crippen LogP contribution in [0.2, 0.25) is 0 Å². The minimum Gasteiger partial charge on any atom is -0.476 e. The van der Waals surface area contributed by atoms with Crippen LogP contribution in [0, 0.1) is 28.9 Å². The zero-order chi connectivity index (χ0) is 25.7. The van der Waals surface area contributed by atoms with Crippen LogP contribution >= 0.6 is 0 Å². The molecule has 0 bridgehead atoms. The Kier molecular flexibility index (Phi) is 6.11. The number of nitro benzene ring substituents is 1. The molecule has 1 fully saturated rings. The van der Waals surface area contributed by atoms with E-state index in [9.17, 15) is 38.3 Å². The summed E-state index contributed by atoms with van der Waals surface area (Å²) in [4.78, 5) is 36.0. The van der Waals surface area contributed by atoms with E-state index in [2.05, 4.69) is 0 Å². The number of rotatable bonds is 8. The smallest absolute Gasteiger partial charge is 0.356 e. The van der Waals surface area contributed by atoms with E-state index in [-0.39, 0.29) is 17.0 Å². The highest BCUT2D eigenvalue weighted by molar-refractivity contribution is 7.86. The van der Waals surface area contributed by atoms with Gasteiger partial charge in [0.05, 0.1) is 23.0 Å². The number of carbonyl (C=O) groups excluding carboxylic acids is 1. The molecule has 2 aromatic rings. The second-order valence-electron chi connectivity index (χ2n) is 8.57. The van der Waals surface area contributed by atoms with Gasteiger partial charge >= 0.3 is 16.1 Å². The van der Waals surface area contributed by atoms with Crippen molar-refractivity contribution in [3.8, 4) is 0 Å². The Balaban J connectivity index is 1.77. The van der Waals surface area contributed by atoms with Crippen LogP contribution in [-0.4, -0.2) is 52.5 Å². The number of nitrogens with zero attached hydrogens (tertiary/aromatic N) is 2. The number of aryl methyl sites for hydroxylation is 1. The Hall–Kier alpha value is -3.77. The molecule has 1 saturated heterocycles. The van der Waals surface area contributed by atoms with Crippen molar-refractivity contribution in [3.05, 3.63) is 81.2 Å². The number of β-lactam (4-membered cyclic amide) rings is 1. The average molecular weight is 503 g/mol. The lowest BCUT2D eigenvalue weighted by atomic mass is 9.76. The number of amides is 1. The second-order valence-corrected chi connectivity index (χ2v) is 10.1. The van der Waals surface area contributed by atoms with Crippen LogP contribution in [0.15, 0.2) is 64.9 Å². The normalized spacial score (nSPS) is 22.4. The highest BCUT2D eigenvalue weighted by Gasteiger charge is 2.62. The number of hydrogen-bond acceptors (Lipinski definition) is 8. The molecule has 0 aliphatic carbocycles. The minimum atomic E-state index is -4.46. The molecule has 2 aliphatic heterocycles. The average Bonchev–Trinajstić information content (AvgIpc) is 3.03. The fraction of sp³-hybridized carbons (Fsp3) is 0.304. The summed E-state index contributed by atoms with van der Waals surface area (Å²) >= 11 is 0. The molecule has 0 aromatic heterocycles. The molecule has 1 amide bonds. The molecule has 0 saturated carbocycles. The third kappa shape index (κ3) is 4.26. The van der Waals surface area contributed by atoms with Gasteiger partial charge in [0.25, 0.3) is 5.69 Å². The van der Waals surface area contributed by atoms with E-state index < -0.39 is 62.4 Å². The van der Waals surface area contributed by atoms with Crippen molar-refractivity contribution in [3.63, 3.8) is 0 Å². The van der Waals surface area contributed by atoms with Gasteiger partial charge < -0.3 is 14.4 Å². The van der Waals surface area contributed by atoms with Gasteiger partial charge in [-0.15, -0.1) is 0 Å². The van der Waals surface area contributed by atoms with Gasteiger partial charge in [-0.3, -0.25) is 19.8 Å². The van der Waals surface area contributed by atoms with E-state index in [0.29, 0.717) is 5.56 Å². The molecule has 4 atom stereocenters. The quantitative estimate of drug-likeness (QED) is 0.238. The number of aliphatic hydroxyl groups is 1. The molecule has 35 heavy (non-hydrogen) atoms. The molecular weight excluding hydrogens is 480 g/mol. The number of nitro groups is 1. The van der Waals surface area contributed by atoms with Crippen molar-refractivity contribution in [2.24, 2.45) is 11.8 Å². The Morgan fingerprint density at radius 3 is 2.29 bits per heavy atom. The summed E-state index contributed by atoms with van der Waals surface area (Å²) in [7, 11) is -4.46. The van der Waals surface area contributed by atoms with E-state index in [1.807, 2.05) is 0 Å². The number of aliphatic hydroxyl groups excluding tert-OH is 1. The fourth-order valence-electron chi connectivity index (χ4n) is 4.56. The van der Waals surface area contributed by atoms with Gasteiger partial charge in [-0.25, -0.2) is 4.79 Å². The second kappa shape index (κ2) is 8.78. The van der Waals surface area contributed by atoms with E-state index in [0.717, 1.165) is 10.5 Å². The topological polar surface area (TPSA) is 164 Å². The van der Waals surface area contributed by atoms with Crippen molar-refractivity contribution in [2.45, 2.75) is 37.3 Å². The van der Waals surface area contributed by atoms with Gasteiger partial charge in [0.2, 0.25) is 5.91 Å². The Morgan fingerprint density at radius 2 is 1.77 bits per heavy atom. The maximum Gasteiger partial charge on any atom is 0.356 e. The van der Waals surface area contributed by atoms with Gasteiger partial charge in [-0.1, -0.05) is 29.8 Å². The van der Waals surface area contributed by atoms with Gasteiger partial charge in [0.15, 0.2) is 11.5 Å². The molecule has 1 unspecified atom stereocenters. The fourth-order valence-corrected chi connectivity index (χ4v) is 5.57. The standard InChI is InChI=1S/C23H22N2O9S/c1-12-3-9-16(10-4-12)35(32,33)34-21-17(11-14-5-7-15(8-6-14)25(30)31)19-18(13(2)26)22(27)24(19)20(21)23(28)29/h3-10,13,17-19,26H,11H2,1-2H3,(H,28,29)/t13-,17?,18-,19-/m1/s1. The van der Waals surface area contributed by atoms with Crippen LogP contribution < -0.4 is 0 Å². The zero-order valence-corrected chi connectivity index (χ0v) is 19.5. The Labute approximate surface area is 200 Å². The number of aliphatic carboxylic acids is 1. The maximum atomic E-state index is 13.0. The molecule has 0 radical (unpaired) electrons. The van der Waals surface area contributed by atoms with Crippen LogP contribution in [0.25, 0.3) is 0 Å². The summed E-state index contributed by atoms with van der Waals surface area (Å²) in [5, 5.41) is 31.0. The van der Waals surface area contributed by atoms with Crippen LogP contribution in [0.5, 0.6) is 0 Å². The van der Waals surface area contributed by atoms with Gasteiger partial charge in [0.1, 0.15) is 4.90 Å². The summed E-state index contributed by atoms with van der Waals surface area (Å²) < 4.78 is 31.5. The molecule has 2 aromatic carbocycles. The lowest BCUT2D eigenvalue weighted by molar-refractivity contribution is -0.384. The minimum absolute atomic E-state index is 0.0190. The number of hydrogen-bond donors (Lipinski definition) is 2. The highest BCUT2D eigenvalue weighted by Crippen LogP contribution is 2.49. The molecular formula is C23H22N2O9S. The molecule has 0 spiro atoms. The molecule has 11 nitrogen and oxygen atoms in total. The van der Waals surface area contributed by atoms with Crippen LogP contribution in [0.4, 0.5) is 5.69 Å². The van der Waals surface area contributed by atoms with Crippen molar-refractivity contribution in [1.82, 2.24) is 4.90 Å². The Morgan fingerprint density at radius 1 is 1.17 bits per heavy atom. The summed E-state index contributed by atoms with van der Waals surface area (Å²) in [5.41, 5.74) is 0.590. The van der Waals surface area contributed by atoms with Crippen LogP contribution in [0.3, 0.4) is 0 Å². The first-order chi connectivity index (χ1) is 16.4. The first-order valence-electron chi connectivity index (χ1n) is 10.7. The number of carboxylic acids is 1. The van der Waals surface area contributed by atoms with Crippen molar-refractivity contribution in [2.75, 3.05) is 0 Å². The van der Waals surface area contributed by atoms with Crippen LogP contribution in [0.1, 0.15) is 18.1 Å². The van der Waals surface area contributed by atoms with Gasteiger partial charge in [0, 0.05) is 18.1 Å². The number of carbonyl (C=O) groups is 2. The third-order valence-corrected chi connectivity index (χ3v) is 7.49. The first kappa shape index (κ1) is 24.4. The number of non-ortho nitro benzene ring substituents is 1. The van der Waals surface area contributed by atoms with E-state index in [1.165, 1.54) is 43.3 Å². The molecule has 2 heterocycles. The lowest BCUT2D eigenvalue weighted by Gasteiger charge is -2.46. The molecule has 4 rings (SSSR count). The predicted octanol–water partition coefficient (Wildman–Crippen LogP) is 1.99. The van der Waals surface area contributed by atoms with Crippen molar-refractivity contribution >= 4 is 27.7 Å². The summed E-state index contributed by atoms with van der Waals surface area (Å²) in [6.07, 6.45) is -1.10. The SMILES string of the molecule is Cc1ccc(S(=O)(=O)OC2=C(C(=O)O)N3C(=O)[C@H]([C@@H](C)O)[C@H]3C2Cc2ccc([N+](=O)[O-])cc2)cc1. The highest BCUT2D eigenvalue weighted by atomic mass is 32.2. The molecule has 12 heteroatoms. The number of carboxylic acid groups (broad SMARTS) is 1. The monoisotopic (exact) mass is 502 g/mol. The lowest BCUT2D eigenvalue weighted by Crippen LogP contribution is -2.64. The third-order valence-electron chi connectivity index (χ3n) is 6.25. The largest absolute Gasteiger partial charge is 0.476 e. The summed E-state index contributed by atoms with van der Waals surface area (Å²) in [5.74, 6) is -4.51. The van der Waals surface area contributed by atoms with Crippen molar-refractivity contribution < 1.29 is 37.3 Å². The van der Waals surface area contributed by atoms with Crippen molar-refractivity contribution in [1.29, 1.82) is 0 Å². The Bertz CT molecular complexity index is 1330. The number of benzene rings is 2.